The SMILES string of the molecule is CC(=O)C[C@@H]1Nc2nc(Cl)ccc2CC1=O.COC(=O)[C@H](CC(C)=O)Nc1nc(Cl)ccc1[N+](=O)[O-]. The van der Waals surface area contributed by atoms with Crippen molar-refractivity contribution in [2.45, 2.75) is 45.2 Å². The summed E-state index contributed by atoms with van der Waals surface area (Å²) in [5, 5.41) is 16.7. The van der Waals surface area contributed by atoms with Crippen LogP contribution in [0.15, 0.2) is 24.3 Å². The minimum Gasteiger partial charge on any atom is -0.467 e. The van der Waals surface area contributed by atoms with Crippen molar-refractivity contribution in [2.24, 2.45) is 0 Å². The van der Waals surface area contributed by atoms with Crippen LogP contribution in [-0.4, -0.2) is 57.4 Å². The molecule has 2 aromatic heterocycles. The minimum atomic E-state index is -1.07. The fourth-order valence-electron chi connectivity index (χ4n) is 3.21. The van der Waals surface area contributed by atoms with E-state index in [1.54, 1.807) is 12.1 Å². The average molecular weight is 540 g/mol. The van der Waals surface area contributed by atoms with E-state index in [1.165, 1.54) is 19.9 Å². The third-order valence-corrected chi connectivity index (χ3v) is 5.25. The van der Waals surface area contributed by atoms with Gasteiger partial charge in [0.05, 0.1) is 18.1 Å². The number of hydrogen-bond donors (Lipinski definition) is 2. The highest BCUT2D eigenvalue weighted by molar-refractivity contribution is 6.29. The van der Waals surface area contributed by atoms with Gasteiger partial charge < -0.3 is 15.4 Å². The quantitative estimate of drug-likeness (QED) is 0.218. The Kier molecular flexibility index (Phi) is 10.2. The van der Waals surface area contributed by atoms with Gasteiger partial charge >= 0.3 is 11.7 Å². The van der Waals surface area contributed by atoms with Gasteiger partial charge in [-0.3, -0.25) is 24.5 Å². The van der Waals surface area contributed by atoms with Crippen molar-refractivity contribution >= 4 is 63.8 Å². The molecule has 0 amide bonds. The van der Waals surface area contributed by atoms with E-state index in [-0.39, 0.29) is 46.8 Å². The smallest absolute Gasteiger partial charge is 0.328 e. The van der Waals surface area contributed by atoms with Gasteiger partial charge in [-0.15, -0.1) is 0 Å². The fourth-order valence-corrected chi connectivity index (χ4v) is 3.51. The molecule has 0 fully saturated rings. The Morgan fingerprint density at radius 3 is 2.39 bits per heavy atom. The predicted molar refractivity (Wildman–Crippen MR) is 131 cm³/mol. The third kappa shape index (κ3) is 8.24. The lowest BCUT2D eigenvalue weighted by molar-refractivity contribution is -0.384. The van der Waals surface area contributed by atoms with Gasteiger partial charge in [0.15, 0.2) is 5.78 Å². The molecule has 0 bridgehead atoms. The van der Waals surface area contributed by atoms with Crippen LogP contribution in [0.25, 0.3) is 0 Å². The Morgan fingerprint density at radius 1 is 1.17 bits per heavy atom. The zero-order chi connectivity index (χ0) is 27.0. The molecule has 3 heterocycles. The van der Waals surface area contributed by atoms with Crippen LogP contribution < -0.4 is 10.6 Å². The van der Waals surface area contributed by atoms with Crippen molar-refractivity contribution in [1.82, 2.24) is 9.97 Å². The van der Waals surface area contributed by atoms with Gasteiger partial charge in [-0.1, -0.05) is 29.3 Å². The first kappa shape index (κ1) is 28.6. The molecule has 2 aromatic rings. The van der Waals surface area contributed by atoms with Crippen LogP contribution >= 0.6 is 23.2 Å². The first-order valence-corrected chi connectivity index (χ1v) is 11.3. The summed E-state index contributed by atoms with van der Waals surface area (Å²) in [7, 11) is 1.15. The Labute approximate surface area is 215 Å². The molecular weight excluding hydrogens is 517 g/mol. The summed E-state index contributed by atoms with van der Waals surface area (Å²) < 4.78 is 4.53. The molecule has 0 aliphatic carbocycles. The molecule has 1 aliphatic rings. The molecule has 2 atom stereocenters. The van der Waals surface area contributed by atoms with Crippen molar-refractivity contribution in [3.8, 4) is 0 Å². The maximum absolute atomic E-state index is 11.7. The summed E-state index contributed by atoms with van der Waals surface area (Å²) in [5.41, 5.74) is 0.473. The number of hydrogen-bond acceptors (Lipinski definition) is 11. The number of anilines is 2. The number of nitrogens with one attached hydrogen (secondary N) is 2. The summed E-state index contributed by atoms with van der Waals surface area (Å²) in [6.07, 6.45) is 0.328. The fraction of sp³-hybridized carbons (Fsp3) is 0.364. The van der Waals surface area contributed by atoms with E-state index in [0.717, 1.165) is 18.7 Å². The third-order valence-electron chi connectivity index (χ3n) is 4.83. The van der Waals surface area contributed by atoms with E-state index < -0.39 is 23.0 Å². The lowest BCUT2D eigenvalue weighted by atomic mass is 9.96. The van der Waals surface area contributed by atoms with E-state index in [9.17, 15) is 29.3 Å². The number of ketones is 3. The number of aromatic nitrogens is 2. The molecule has 14 heteroatoms. The molecular formula is C22H23Cl2N5O7. The Balaban J connectivity index is 0.000000259. The molecule has 0 spiro atoms. The number of carbonyl (C=O) groups excluding carboxylic acids is 4. The van der Waals surface area contributed by atoms with Gasteiger partial charge in [-0.2, -0.15) is 0 Å². The molecule has 0 aromatic carbocycles. The zero-order valence-electron chi connectivity index (χ0n) is 19.5. The maximum Gasteiger partial charge on any atom is 0.328 e. The van der Waals surface area contributed by atoms with Crippen LogP contribution in [0, 0.1) is 10.1 Å². The van der Waals surface area contributed by atoms with Crippen LogP contribution in [0.1, 0.15) is 32.3 Å². The van der Waals surface area contributed by atoms with Crippen LogP contribution in [-0.2, 0) is 30.3 Å². The largest absolute Gasteiger partial charge is 0.467 e. The van der Waals surface area contributed by atoms with Crippen molar-refractivity contribution in [3.63, 3.8) is 0 Å². The van der Waals surface area contributed by atoms with Crippen molar-refractivity contribution in [2.75, 3.05) is 17.7 Å². The van der Waals surface area contributed by atoms with Gasteiger partial charge in [0, 0.05) is 30.9 Å². The first-order chi connectivity index (χ1) is 16.9. The van der Waals surface area contributed by atoms with Crippen molar-refractivity contribution in [1.29, 1.82) is 0 Å². The molecule has 1 aliphatic heterocycles. The van der Waals surface area contributed by atoms with Gasteiger partial charge in [0.25, 0.3) is 0 Å². The maximum atomic E-state index is 11.7. The number of Topliss-reactive ketones (excluding diaryl/α,β-unsaturated/α-hetero) is 3. The first-order valence-electron chi connectivity index (χ1n) is 10.5. The minimum absolute atomic E-state index is 0.0173. The molecule has 36 heavy (non-hydrogen) atoms. The van der Waals surface area contributed by atoms with Crippen LogP contribution in [0.2, 0.25) is 10.3 Å². The van der Waals surface area contributed by atoms with Crippen molar-refractivity contribution < 1.29 is 28.8 Å². The molecule has 0 unspecified atom stereocenters. The van der Waals surface area contributed by atoms with Gasteiger partial charge in [-0.05, 0) is 26.0 Å². The zero-order valence-corrected chi connectivity index (χ0v) is 21.1. The van der Waals surface area contributed by atoms with Crippen molar-refractivity contribution in [3.05, 3.63) is 50.2 Å². The molecule has 0 saturated carbocycles. The highest BCUT2D eigenvalue weighted by atomic mass is 35.5. The molecule has 2 N–H and O–H groups in total. The highest BCUT2D eigenvalue weighted by Crippen LogP contribution is 2.26. The lowest BCUT2D eigenvalue weighted by Gasteiger charge is -2.24. The average Bonchev–Trinajstić information content (AvgIpc) is 2.78. The number of rotatable bonds is 8. The number of nitro groups is 1. The standard InChI is InChI=1S/C11H12ClN3O5.C11H11ClN2O2/c1-6(16)5-7(11(17)20-2)13-10-8(15(18)19)3-4-9(12)14-10;1-6(15)4-8-9(16)5-7-2-3-10(12)14-11(7)13-8/h3-4,7H,5H2,1-2H3,(H,13,14);2-3,8H,4-5H2,1H3,(H,13,14)/t7-;8-/m00/s1. The number of esters is 1. The van der Waals surface area contributed by atoms with Gasteiger partial charge in [-0.25, -0.2) is 14.8 Å². The molecule has 3 rings (SSSR count). The van der Waals surface area contributed by atoms with Crippen LogP contribution in [0.3, 0.4) is 0 Å². The van der Waals surface area contributed by atoms with E-state index in [4.69, 9.17) is 23.2 Å². The number of nitrogens with zero attached hydrogens (tertiary/aromatic N) is 3. The monoisotopic (exact) mass is 539 g/mol. The number of fused-ring (bicyclic) bond motifs is 1. The highest BCUT2D eigenvalue weighted by Gasteiger charge is 2.28. The summed E-state index contributed by atoms with van der Waals surface area (Å²) >= 11 is 11.4. The molecule has 0 radical (unpaired) electrons. The Bertz CT molecular complexity index is 1190. The van der Waals surface area contributed by atoms with E-state index in [2.05, 4.69) is 25.3 Å². The Hall–Kier alpha value is -3.64. The van der Waals surface area contributed by atoms with Crippen LogP contribution in [0.5, 0.6) is 0 Å². The molecule has 192 valence electrons. The van der Waals surface area contributed by atoms with E-state index in [1.807, 2.05) is 0 Å². The normalized spacial score (nSPS) is 14.8. The second-order valence-electron chi connectivity index (χ2n) is 7.77. The van der Waals surface area contributed by atoms with Crippen LogP contribution in [0.4, 0.5) is 17.3 Å². The predicted octanol–water partition coefficient (Wildman–Crippen LogP) is 3.20. The number of ether oxygens (including phenoxy) is 1. The topological polar surface area (TPSA) is 170 Å². The summed E-state index contributed by atoms with van der Waals surface area (Å²) in [6, 6.07) is 4.31. The Morgan fingerprint density at radius 2 is 1.81 bits per heavy atom. The second-order valence-corrected chi connectivity index (χ2v) is 8.55. The summed E-state index contributed by atoms with van der Waals surface area (Å²) in [6.45, 7) is 2.76. The molecule has 0 saturated heterocycles. The van der Waals surface area contributed by atoms with Gasteiger partial charge in [0.2, 0.25) is 5.82 Å². The second kappa shape index (κ2) is 12.9. The number of methoxy groups -OCH3 is 1. The van der Waals surface area contributed by atoms with E-state index >= 15 is 0 Å². The van der Waals surface area contributed by atoms with E-state index in [0.29, 0.717) is 17.4 Å². The molecule has 12 nitrogen and oxygen atoms in total. The summed E-state index contributed by atoms with van der Waals surface area (Å²) in [5.74, 6) is -0.588. The number of halogens is 2. The lowest BCUT2D eigenvalue weighted by Crippen LogP contribution is -2.37. The number of pyridine rings is 2. The summed E-state index contributed by atoms with van der Waals surface area (Å²) in [4.78, 5) is 63.4. The number of carbonyl (C=O) groups is 4. The van der Waals surface area contributed by atoms with Gasteiger partial charge in [0.1, 0.15) is 33.7 Å².